The molecule has 0 heterocycles. The Kier molecular flexibility index (Phi) is 8.31. The molecule has 0 aliphatic heterocycles. The summed E-state index contributed by atoms with van der Waals surface area (Å²) in [6, 6.07) is 6.92. The standard InChI is InChI=1S/C32H51BrO2Si/c1-9-32-19-18-23-21-25(34-6)14-15-26(23)29(32)24(13-11-10-12-20-33)22-31(5)27(32)16-17-28(31)35-36(7,8)30(2,3)4/h9,14-15,21,24,27-29H,1,10-13,16-20,22H2,2-8H3/t24-,27+,28-,29+,31-,32?/m0/s1. The summed E-state index contributed by atoms with van der Waals surface area (Å²) in [5, 5.41) is 1.36. The SMILES string of the molecule is C=CC12CCc3cc(OC)ccc3[C@H]1[C@@H](CCCCCBr)C[C@]1(C)[C@@H](O[Si](C)(C)C(C)(C)C)CC[C@@H]21. The second-order valence-corrected chi connectivity index (χ2v) is 19.4. The van der Waals surface area contributed by atoms with Crippen LogP contribution < -0.4 is 4.74 Å². The predicted molar refractivity (Wildman–Crippen MR) is 160 cm³/mol. The van der Waals surface area contributed by atoms with Crippen molar-refractivity contribution in [3.05, 3.63) is 42.0 Å². The Hall–Kier alpha value is -0.583. The molecule has 2 fully saturated rings. The lowest BCUT2D eigenvalue weighted by Gasteiger charge is -2.61. The van der Waals surface area contributed by atoms with Crippen LogP contribution in [-0.2, 0) is 10.8 Å². The molecule has 1 aromatic rings. The van der Waals surface area contributed by atoms with Crippen molar-refractivity contribution in [1.29, 1.82) is 0 Å². The van der Waals surface area contributed by atoms with Crippen LogP contribution in [0.3, 0.4) is 0 Å². The van der Waals surface area contributed by atoms with Gasteiger partial charge in [0.05, 0.1) is 13.2 Å². The zero-order valence-corrected chi connectivity index (χ0v) is 26.7. The molecule has 3 aliphatic rings. The summed E-state index contributed by atoms with van der Waals surface area (Å²) >= 11 is 3.64. The van der Waals surface area contributed by atoms with Gasteiger partial charge in [0.2, 0.25) is 0 Å². The van der Waals surface area contributed by atoms with Gasteiger partial charge in [-0.25, -0.2) is 0 Å². The molecular weight excluding hydrogens is 524 g/mol. The van der Waals surface area contributed by atoms with Crippen molar-refractivity contribution < 1.29 is 9.16 Å². The molecule has 4 heteroatoms. The van der Waals surface area contributed by atoms with Crippen LogP contribution in [0, 0.1) is 22.7 Å². The highest BCUT2D eigenvalue weighted by molar-refractivity contribution is 9.09. The van der Waals surface area contributed by atoms with E-state index < -0.39 is 8.32 Å². The molecule has 1 unspecified atom stereocenters. The minimum atomic E-state index is -1.84. The van der Waals surface area contributed by atoms with Crippen LogP contribution >= 0.6 is 15.9 Å². The summed E-state index contributed by atoms with van der Waals surface area (Å²) in [6.45, 7) is 19.2. The number of methoxy groups -OCH3 is 1. The minimum Gasteiger partial charge on any atom is -0.497 e. The maximum absolute atomic E-state index is 7.28. The van der Waals surface area contributed by atoms with Crippen molar-refractivity contribution in [2.24, 2.45) is 22.7 Å². The van der Waals surface area contributed by atoms with E-state index in [-0.39, 0.29) is 15.9 Å². The third-order valence-electron chi connectivity index (χ3n) is 11.0. The molecule has 1 aromatic carbocycles. The highest BCUT2D eigenvalue weighted by Gasteiger charge is 2.64. The summed E-state index contributed by atoms with van der Waals surface area (Å²) in [7, 11) is -0.0526. The molecule has 0 N–H and O–H groups in total. The van der Waals surface area contributed by atoms with Gasteiger partial charge in [-0.05, 0) is 115 Å². The number of rotatable bonds is 9. The molecule has 0 aromatic heterocycles. The van der Waals surface area contributed by atoms with Crippen LogP contribution in [0.2, 0.25) is 18.1 Å². The monoisotopic (exact) mass is 574 g/mol. The third kappa shape index (κ3) is 4.81. The zero-order chi connectivity index (χ0) is 26.4. The lowest BCUT2D eigenvalue weighted by atomic mass is 9.44. The Bertz CT molecular complexity index is 937. The molecule has 0 radical (unpaired) electrons. The molecule has 0 spiro atoms. The van der Waals surface area contributed by atoms with Gasteiger partial charge in [-0.15, -0.1) is 6.58 Å². The molecule has 2 saturated carbocycles. The van der Waals surface area contributed by atoms with E-state index in [0.29, 0.717) is 23.9 Å². The summed E-state index contributed by atoms with van der Waals surface area (Å²) < 4.78 is 12.9. The number of aryl methyl sites for hydroxylation is 1. The Balaban J connectivity index is 1.74. The number of fused-ring (bicyclic) bond motifs is 5. The van der Waals surface area contributed by atoms with Crippen LogP contribution in [0.25, 0.3) is 0 Å². The Labute approximate surface area is 231 Å². The van der Waals surface area contributed by atoms with Crippen molar-refractivity contribution >= 4 is 24.2 Å². The van der Waals surface area contributed by atoms with E-state index in [9.17, 15) is 0 Å². The normalized spacial score (nSPS) is 34.0. The second kappa shape index (κ2) is 10.5. The van der Waals surface area contributed by atoms with E-state index in [4.69, 9.17) is 9.16 Å². The van der Waals surface area contributed by atoms with Crippen LogP contribution in [0.5, 0.6) is 5.75 Å². The molecular formula is C32H51BrO2Si. The van der Waals surface area contributed by atoms with Gasteiger partial charge in [0, 0.05) is 5.33 Å². The maximum Gasteiger partial charge on any atom is 0.192 e. The highest BCUT2D eigenvalue weighted by atomic mass is 79.9. The van der Waals surface area contributed by atoms with E-state index in [2.05, 4.69) is 87.6 Å². The minimum absolute atomic E-state index is 0.167. The number of ether oxygens (including phenoxy) is 1. The largest absolute Gasteiger partial charge is 0.497 e. The zero-order valence-electron chi connectivity index (χ0n) is 24.1. The fourth-order valence-electron chi connectivity index (χ4n) is 8.19. The Morgan fingerprint density at radius 1 is 1.17 bits per heavy atom. The smallest absolute Gasteiger partial charge is 0.192 e. The van der Waals surface area contributed by atoms with Crippen LogP contribution in [0.4, 0.5) is 0 Å². The number of hydrogen-bond acceptors (Lipinski definition) is 2. The molecule has 36 heavy (non-hydrogen) atoms. The first-order valence-electron chi connectivity index (χ1n) is 14.5. The van der Waals surface area contributed by atoms with Crippen molar-refractivity contribution in [3.8, 4) is 5.75 Å². The van der Waals surface area contributed by atoms with Crippen LogP contribution in [0.15, 0.2) is 30.9 Å². The lowest BCUT2D eigenvalue weighted by molar-refractivity contribution is -0.0772. The first kappa shape index (κ1) is 28.4. The van der Waals surface area contributed by atoms with E-state index in [1.807, 2.05) is 0 Å². The van der Waals surface area contributed by atoms with E-state index >= 15 is 0 Å². The number of halogens is 1. The van der Waals surface area contributed by atoms with Crippen LogP contribution in [0.1, 0.15) is 96.1 Å². The van der Waals surface area contributed by atoms with Gasteiger partial charge in [-0.2, -0.15) is 0 Å². The predicted octanol–water partition coefficient (Wildman–Crippen LogP) is 9.68. The highest BCUT2D eigenvalue weighted by Crippen LogP contribution is 2.70. The molecule has 0 saturated heterocycles. The summed E-state index contributed by atoms with van der Waals surface area (Å²) in [4.78, 5) is 0. The van der Waals surface area contributed by atoms with Crippen molar-refractivity contribution in [2.45, 2.75) is 116 Å². The summed E-state index contributed by atoms with van der Waals surface area (Å²) in [5.74, 6) is 2.89. The molecule has 2 nitrogen and oxygen atoms in total. The number of alkyl halides is 1. The molecule has 0 amide bonds. The van der Waals surface area contributed by atoms with Crippen molar-refractivity contribution in [3.63, 3.8) is 0 Å². The first-order chi connectivity index (χ1) is 16.9. The summed E-state index contributed by atoms with van der Waals surface area (Å²) in [6.07, 6.45) is 14.1. The van der Waals surface area contributed by atoms with Gasteiger partial charge >= 0.3 is 0 Å². The molecule has 202 valence electrons. The molecule has 0 bridgehead atoms. The lowest BCUT2D eigenvalue weighted by Crippen LogP contribution is -2.56. The number of unbranched alkanes of at least 4 members (excludes halogenated alkanes) is 2. The Morgan fingerprint density at radius 2 is 1.92 bits per heavy atom. The molecule has 6 atom stereocenters. The van der Waals surface area contributed by atoms with Gasteiger partial charge < -0.3 is 9.16 Å². The molecule has 4 rings (SSSR count). The van der Waals surface area contributed by atoms with Gasteiger partial charge in [-0.3, -0.25) is 0 Å². The quantitative estimate of drug-likeness (QED) is 0.126. The second-order valence-electron chi connectivity index (χ2n) is 13.9. The number of hydrogen-bond donors (Lipinski definition) is 0. The average molecular weight is 576 g/mol. The van der Waals surface area contributed by atoms with Gasteiger partial charge in [-0.1, -0.05) is 68.6 Å². The Morgan fingerprint density at radius 3 is 2.56 bits per heavy atom. The summed E-state index contributed by atoms with van der Waals surface area (Å²) in [5.41, 5.74) is 3.49. The van der Waals surface area contributed by atoms with E-state index in [1.165, 1.54) is 56.9 Å². The van der Waals surface area contributed by atoms with E-state index in [1.54, 1.807) is 12.7 Å². The fraction of sp³-hybridized carbons (Fsp3) is 0.750. The maximum atomic E-state index is 7.28. The first-order valence-corrected chi connectivity index (χ1v) is 18.5. The van der Waals surface area contributed by atoms with Gasteiger partial charge in [0.25, 0.3) is 0 Å². The van der Waals surface area contributed by atoms with E-state index in [0.717, 1.165) is 17.5 Å². The molecule has 3 aliphatic carbocycles. The fourth-order valence-corrected chi connectivity index (χ4v) is 10.0. The van der Waals surface area contributed by atoms with Crippen molar-refractivity contribution in [2.75, 3.05) is 12.4 Å². The third-order valence-corrected chi connectivity index (χ3v) is 16.0. The van der Waals surface area contributed by atoms with Crippen LogP contribution in [-0.4, -0.2) is 26.9 Å². The van der Waals surface area contributed by atoms with Gasteiger partial charge in [0.15, 0.2) is 8.32 Å². The topological polar surface area (TPSA) is 18.5 Å². The van der Waals surface area contributed by atoms with Crippen molar-refractivity contribution in [1.82, 2.24) is 0 Å². The number of benzene rings is 1. The van der Waals surface area contributed by atoms with Gasteiger partial charge in [0.1, 0.15) is 5.75 Å². The number of allylic oxidation sites excluding steroid dienone is 1. The average Bonchev–Trinajstić information content (AvgIpc) is 3.15.